The van der Waals surface area contributed by atoms with Crippen molar-refractivity contribution in [1.29, 1.82) is 0 Å². The molecule has 0 radical (unpaired) electrons. The predicted molar refractivity (Wildman–Crippen MR) is 85.1 cm³/mol. The highest BCUT2D eigenvalue weighted by atomic mass is 79.9. The number of hydrogen-bond donors (Lipinski definition) is 0. The minimum absolute atomic E-state index is 0.846. The van der Waals surface area contributed by atoms with Crippen LogP contribution in [0.15, 0.2) is 47.1 Å². The van der Waals surface area contributed by atoms with Crippen LogP contribution in [0.2, 0.25) is 0 Å². The van der Waals surface area contributed by atoms with Gasteiger partial charge in [0.25, 0.3) is 0 Å². The standard InChI is InChI=1S/C16H15BrN2O/c1-3-19-16(17)13-9-8-11(10-14(13)18-19)12-6-4-5-7-15(12)20-2/h4-10H,3H2,1-2H3. The molecule has 0 spiro atoms. The van der Waals surface area contributed by atoms with Gasteiger partial charge in [-0.25, -0.2) is 0 Å². The zero-order chi connectivity index (χ0) is 14.1. The molecule has 0 N–H and O–H groups in total. The Morgan fingerprint density at radius 2 is 2.00 bits per heavy atom. The quantitative estimate of drug-likeness (QED) is 0.707. The van der Waals surface area contributed by atoms with Gasteiger partial charge in [-0.15, -0.1) is 0 Å². The molecule has 3 aromatic rings. The van der Waals surface area contributed by atoms with Gasteiger partial charge in [-0.2, -0.15) is 5.10 Å². The molecule has 2 aromatic carbocycles. The smallest absolute Gasteiger partial charge is 0.126 e. The molecule has 0 bridgehead atoms. The van der Waals surface area contributed by atoms with Gasteiger partial charge in [0.1, 0.15) is 10.4 Å². The van der Waals surface area contributed by atoms with E-state index in [-0.39, 0.29) is 0 Å². The first-order chi connectivity index (χ1) is 9.74. The van der Waals surface area contributed by atoms with Gasteiger partial charge >= 0.3 is 0 Å². The molecule has 3 nitrogen and oxygen atoms in total. The molecule has 1 aromatic heterocycles. The van der Waals surface area contributed by atoms with Gasteiger partial charge in [-0.05, 0) is 46.6 Å². The van der Waals surface area contributed by atoms with Crippen molar-refractivity contribution in [2.45, 2.75) is 13.5 Å². The van der Waals surface area contributed by atoms with Crippen LogP contribution in [-0.2, 0) is 6.54 Å². The number of ether oxygens (including phenoxy) is 1. The zero-order valence-corrected chi connectivity index (χ0v) is 13.0. The number of methoxy groups -OCH3 is 1. The molecule has 3 rings (SSSR count). The molecule has 20 heavy (non-hydrogen) atoms. The lowest BCUT2D eigenvalue weighted by Crippen LogP contribution is -1.95. The summed E-state index contributed by atoms with van der Waals surface area (Å²) in [6, 6.07) is 14.3. The lowest BCUT2D eigenvalue weighted by Gasteiger charge is -2.07. The van der Waals surface area contributed by atoms with Crippen LogP contribution in [0.1, 0.15) is 6.92 Å². The lowest BCUT2D eigenvalue weighted by molar-refractivity contribution is 0.416. The van der Waals surface area contributed by atoms with E-state index in [0.29, 0.717) is 0 Å². The molecule has 0 saturated carbocycles. The average Bonchev–Trinajstić information content (AvgIpc) is 2.83. The van der Waals surface area contributed by atoms with Crippen molar-refractivity contribution in [1.82, 2.24) is 9.78 Å². The van der Waals surface area contributed by atoms with E-state index in [0.717, 1.165) is 38.9 Å². The third kappa shape index (κ3) is 2.10. The normalized spacial score (nSPS) is 10.9. The summed E-state index contributed by atoms with van der Waals surface area (Å²) in [6.45, 7) is 2.93. The van der Waals surface area contributed by atoms with E-state index in [1.165, 1.54) is 0 Å². The maximum absolute atomic E-state index is 5.43. The summed E-state index contributed by atoms with van der Waals surface area (Å²) < 4.78 is 8.41. The van der Waals surface area contributed by atoms with Crippen molar-refractivity contribution in [3.63, 3.8) is 0 Å². The predicted octanol–water partition coefficient (Wildman–Crippen LogP) is 4.49. The van der Waals surface area contributed by atoms with Gasteiger partial charge in [-0.1, -0.05) is 24.3 Å². The van der Waals surface area contributed by atoms with Crippen LogP contribution in [0, 0.1) is 0 Å². The number of fused-ring (bicyclic) bond motifs is 1. The van der Waals surface area contributed by atoms with Crippen molar-refractivity contribution in [3.8, 4) is 16.9 Å². The second kappa shape index (κ2) is 5.29. The SMILES string of the molecule is CCn1nc2cc(-c3ccccc3OC)ccc2c1Br. The Labute approximate surface area is 126 Å². The molecule has 0 unspecified atom stereocenters. The number of halogens is 1. The molecule has 0 amide bonds. The van der Waals surface area contributed by atoms with E-state index < -0.39 is 0 Å². The highest BCUT2D eigenvalue weighted by Gasteiger charge is 2.10. The molecule has 0 atom stereocenters. The van der Waals surface area contributed by atoms with Crippen molar-refractivity contribution in [2.75, 3.05) is 7.11 Å². The molecule has 0 aliphatic carbocycles. The summed E-state index contributed by atoms with van der Waals surface area (Å²) in [5, 5.41) is 5.73. The van der Waals surface area contributed by atoms with Crippen LogP contribution < -0.4 is 4.74 Å². The maximum atomic E-state index is 5.43. The first kappa shape index (κ1) is 13.2. The summed E-state index contributed by atoms with van der Waals surface area (Å²) in [6.07, 6.45) is 0. The van der Waals surface area contributed by atoms with Gasteiger partial charge < -0.3 is 4.74 Å². The molecule has 0 fully saturated rings. The van der Waals surface area contributed by atoms with Gasteiger partial charge in [-0.3, -0.25) is 4.68 Å². The molecule has 0 aliphatic heterocycles. The Morgan fingerprint density at radius 3 is 2.75 bits per heavy atom. The first-order valence-corrected chi connectivity index (χ1v) is 7.33. The van der Waals surface area contributed by atoms with E-state index in [1.54, 1.807) is 7.11 Å². The van der Waals surface area contributed by atoms with Crippen molar-refractivity contribution in [3.05, 3.63) is 47.1 Å². The summed E-state index contributed by atoms with van der Waals surface area (Å²) in [4.78, 5) is 0. The molecule has 102 valence electrons. The maximum Gasteiger partial charge on any atom is 0.126 e. The molecule has 4 heteroatoms. The summed E-state index contributed by atoms with van der Waals surface area (Å²) in [5.41, 5.74) is 3.18. The monoisotopic (exact) mass is 330 g/mol. The van der Waals surface area contributed by atoms with Crippen LogP contribution in [0.25, 0.3) is 22.0 Å². The van der Waals surface area contributed by atoms with E-state index in [4.69, 9.17) is 4.74 Å². The fourth-order valence-corrected chi connectivity index (χ4v) is 3.03. The first-order valence-electron chi connectivity index (χ1n) is 6.54. The van der Waals surface area contributed by atoms with Crippen molar-refractivity contribution in [2.24, 2.45) is 0 Å². The van der Waals surface area contributed by atoms with Gasteiger partial charge in [0.2, 0.25) is 0 Å². The Balaban J connectivity index is 2.18. The van der Waals surface area contributed by atoms with E-state index in [1.807, 2.05) is 22.9 Å². The molecule has 0 aliphatic rings. The largest absolute Gasteiger partial charge is 0.496 e. The average molecular weight is 331 g/mol. The fraction of sp³-hybridized carbons (Fsp3) is 0.188. The molecule has 1 heterocycles. The number of para-hydroxylation sites is 1. The summed E-state index contributed by atoms with van der Waals surface area (Å²) >= 11 is 3.60. The van der Waals surface area contributed by atoms with Crippen molar-refractivity contribution >= 4 is 26.8 Å². The summed E-state index contributed by atoms with van der Waals surface area (Å²) in [5.74, 6) is 0.876. The van der Waals surface area contributed by atoms with Crippen LogP contribution in [0.4, 0.5) is 0 Å². The number of hydrogen-bond acceptors (Lipinski definition) is 2. The van der Waals surface area contributed by atoms with Crippen LogP contribution in [0.5, 0.6) is 5.75 Å². The topological polar surface area (TPSA) is 27.1 Å². The molecular formula is C16H15BrN2O. The Bertz CT molecular complexity index is 764. The van der Waals surface area contributed by atoms with Crippen LogP contribution in [0.3, 0.4) is 0 Å². The van der Waals surface area contributed by atoms with Crippen LogP contribution in [-0.4, -0.2) is 16.9 Å². The second-order valence-electron chi connectivity index (χ2n) is 4.54. The highest BCUT2D eigenvalue weighted by Crippen LogP contribution is 2.33. The third-order valence-corrected chi connectivity index (χ3v) is 4.23. The minimum Gasteiger partial charge on any atom is -0.496 e. The zero-order valence-electron chi connectivity index (χ0n) is 11.4. The minimum atomic E-state index is 0.846. The van der Waals surface area contributed by atoms with E-state index in [9.17, 15) is 0 Å². The van der Waals surface area contributed by atoms with E-state index in [2.05, 4.69) is 52.2 Å². The number of benzene rings is 2. The number of nitrogens with zero attached hydrogens (tertiary/aromatic N) is 2. The number of aryl methyl sites for hydroxylation is 1. The lowest BCUT2D eigenvalue weighted by atomic mass is 10.0. The Kier molecular flexibility index (Phi) is 3.49. The molecule has 0 saturated heterocycles. The number of rotatable bonds is 3. The highest BCUT2D eigenvalue weighted by molar-refractivity contribution is 9.10. The Morgan fingerprint density at radius 1 is 1.20 bits per heavy atom. The van der Waals surface area contributed by atoms with E-state index >= 15 is 0 Å². The van der Waals surface area contributed by atoms with Crippen molar-refractivity contribution < 1.29 is 4.74 Å². The summed E-state index contributed by atoms with van der Waals surface area (Å²) in [7, 11) is 1.69. The van der Waals surface area contributed by atoms with Gasteiger partial charge in [0, 0.05) is 17.5 Å². The third-order valence-electron chi connectivity index (χ3n) is 3.39. The second-order valence-corrected chi connectivity index (χ2v) is 5.29. The molecular weight excluding hydrogens is 316 g/mol. The number of aromatic nitrogens is 2. The Hall–Kier alpha value is -1.81. The van der Waals surface area contributed by atoms with Gasteiger partial charge in [0.05, 0.1) is 12.6 Å². The van der Waals surface area contributed by atoms with Gasteiger partial charge in [0.15, 0.2) is 0 Å². The fourth-order valence-electron chi connectivity index (χ4n) is 2.36. The van der Waals surface area contributed by atoms with Crippen LogP contribution >= 0.6 is 15.9 Å².